The molecule has 1 fully saturated rings. The second-order valence-electron chi connectivity index (χ2n) is 4.54. The van der Waals surface area contributed by atoms with Crippen molar-refractivity contribution in [1.82, 2.24) is 9.62 Å². The molecule has 1 amide bonds. The summed E-state index contributed by atoms with van der Waals surface area (Å²) in [7, 11) is -3.34. The minimum atomic E-state index is -3.34. The van der Waals surface area contributed by atoms with Crippen molar-refractivity contribution in [3.8, 4) is 0 Å². The third-order valence-corrected chi connectivity index (χ3v) is 5.02. The lowest BCUT2D eigenvalue weighted by Gasteiger charge is -2.25. The Bertz CT molecular complexity index is 447. The van der Waals surface area contributed by atoms with Crippen molar-refractivity contribution in [2.24, 2.45) is 0 Å². The first-order valence-corrected chi connectivity index (χ1v) is 7.34. The van der Waals surface area contributed by atoms with E-state index < -0.39 is 27.4 Å². The topological polar surface area (TPSA) is 104 Å². The average Bonchev–Trinajstić information content (AvgIpc) is 2.57. The van der Waals surface area contributed by atoms with E-state index in [1.54, 1.807) is 6.92 Å². The second-order valence-corrected chi connectivity index (χ2v) is 6.63. The number of sulfonamides is 1. The van der Waals surface area contributed by atoms with Crippen molar-refractivity contribution < 1.29 is 23.1 Å². The van der Waals surface area contributed by atoms with Gasteiger partial charge in [0.15, 0.2) is 0 Å². The van der Waals surface area contributed by atoms with Crippen LogP contribution in [-0.2, 0) is 19.6 Å². The zero-order valence-corrected chi connectivity index (χ0v) is 11.3. The van der Waals surface area contributed by atoms with E-state index in [9.17, 15) is 18.0 Å². The lowest BCUT2D eigenvalue weighted by atomic mass is 9.99. The third kappa shape index (κ3) is 3.20. The molecule has 8 heteroatoms. The van der Waals surface area contributed by atoms with Gasteiger partial charge in [-0.05, 0) is 19.8 Å². The molecule has 0 aromatic rings. The highest BCUT2D eigenvalue weighted by Crippen LogP contribution is 2.14. The Morgan fingerprint density at radius 2 is 2.06 bits per heavy atom. The summed E-state index contributed by atoms with van der Waals surface area (Å²) in [6.07, 6.45) is 0.723. The van der Waals surface area contributed by atoms with Crippen molar-refractivity contribution in [3.05, 3.63) is 0 Å². The molecule has 0 aromatic carbocycles. The van der Waals surface area contributed by atoms with Gasteiger partial charge in [0.1, 0.15) is 5.54 Å². The highest BCUT2D eigenvalue weighted by atomic mass is 32.2. The summed E-state index contributed by atoms with van der Waals surface area (Å²) in [5.74, 6) is -1.68. The first kappa shape index (κ1) is 14.9. The lowest BCUT2D eigenvalue weighted by Crippen LogP contribution is -2.54. The molecule has 104 valence electrons. The van der Waals surface area contributed by atoms with E-state index in [0.29, 0.717) is 13.0 Å². The predicted molar refractivity (Wildman–Crippen MR) is 64.5 cm³/mol. The van der Waals surface area contributed by atoms with E-state index in [1.165, 1.54) is 6.92 Å². The maximum Gasteiger partial charge on any atom is 0.329 e. The SMILES string of the molecule is CCC(C)(NC(=O)CN1CCCS1(=O)=O)C(=O)O. The first-order chi connectivity index (χ1) is 8.21. The van der Waals surface area contributed by atoms with Crippen LogP contribution in [0.2, 0.25) is 0 Å². The van der Waals surface area contributed by atoms with E-state index >= 15 is 0 Å². The van der Waals surface area contributed by atoms with E-state index in [4.69, 9.17) is 5.11 Å². The zero-order valence-electron chi connectivity index (χ0n) is 10.5. The quantitative estimate of drug-likeness (QED) is 0.698. The highest BCUT2D eigenvalue weighted by molar-refractivity contribution is 7.89. The number of hydrogen-bond acceptors (Lipinski definition) is 4. The summed E-state index contributed by atoms with van der Waals surface area (Å²) in [5.41, 5.74) is -1.36. The molecule has 1 rings (SSSR count). The molecule has 0 bridgehead atoms. The Morgan fingerprint density at radius 1 is 1.44 bits per heavy atom. The molecule has 18 heavy (non-hydrogen) atoms. The van der Waals surface area contributed by atoms with Gasteiger partial charge < -0.3 is 10.4 Å². The van der Waals surface area contributed by atoms with Crippen molar-refractivity contribution in [2.45, 2.75) is 32.2 Å². The van der Waals surface area contributed by atoms with Crippen molar-refractivity contribution >= 4 is 21.9 Å². The monoisotopic (exact) mass is 278 g/mol. The van der Waals surface area contributed by atoms with Gasteiger partial charge in [0.2, 0.25) is 15.9 Å². The highest BCUT2D eigenvalue weighted by Gasteiger charge is 2.35. The number of carbonyl (C=O) groups is 2. The van der Waals surface area contributed by atoms with Gasteiger partial charge in [-0.15, -0.1) is 0 Å². The molecule has 1 saturated heterocycles. The third-order valence-electron chi connectivity index (χ3n) is 3.12. The lowest BCUT2D eigenvalue weighted by molar-refractivity contribution is -0.147. The van der Waals surface area contributed by atoms with Crippen LogP contribution in [0.25, 0.3) is 0 Å². The Morgan fingerprint density at radius 3 is 2.44 bits per heavy atom. The molecule has 1 aliphatic heterocycles. The number of rotatable bonds is 5. The smallest absolute Gasteiger partial charge is 0.329 e. The Labute approximate surface area is 106 Å². The number of nitrogens with one attached hydrogen (secondary N) is 1. The minimum absolute atomic E-state index is 0.0459. The van der Waals surface area contributed by atoms with E-state index in [1.807, 2.05) is 0 Å². The number of carboxylic acid groups (broad SMARTS) is 1. The molecular formula is C10H18N2O5S. The molecule has 1 heterocycles. The molecule has 1 unspecified atom stereocenters. The fourth-order valence-corrected chi connectivity index (χ4v) is 3.14. The van der Waals surface area contributed by atoms with Crippen LogP contribution in [-0.4, -0.2) is 54.1 Å². The van der Waals surface area contributed by atoms with Gasteiger partial charge in [-0.3, -0.25) is 4.79 Å². The van der Waals surface area contributed by atoms with Crippen LogP contribution in [0.4, 0.5) is 0 Å². The fourth-order valence-electron chi connectivity index (χ4n) is 1.67. The molecular weight excluding hydrogens is 260 g/mol. The van der Waals surface area contributed by atoms with Crippen LogP contribution in [0, 0.1) is 0 Å². The minimum Gasteiger partial charge on any atom is -0.480 e. The fraction of sp³-hybridized carbons (Fsp3) is 0.800. The van der Waals surface area contributed by atoms with Crippen LogP contribution in [0.15, 0.2) is 0 Å². The number of aliphatic carboxylic acids is 1. The van der Waals surface area contributed by atoms with Crippen LogP contribution in [0.3, 0.4) is 0 Å². The van der Waals surface area contributed by atoms with E-state index in [2.05, 4.69) is 5.32 Å². The molecule has 0 aliphatic carbocycles. The van der Waals surface area contributed by atoms with Gasteiger partial charge >= 0.3 is 5.97 Å². The zero-order chi connectivity index (χ0) is 14.0. The summed E-state index contributed by atoms with van der Waals surface area (Å²) >= 11 is 0. The number of hydrogen-bond donors (Lipinski definition) is 2. The van der Waals surface area contributed by atoms with Gasteiger partial charge in [-0.25, -0.2) is 13.2 Å². The number of carbonyl (C=O) groups excluding carboxylic acids is 1. The number of amides is 1. The molecule has 0 aromatic heterocycles. The Balaban J connectivity index is 2.65. The van der Waals surface area contributed by atoms with Gasteiger partial charge in [0, 0.05) is 6.54 Å². The Hall–Kier alpha value is -1.15. The molecule has 0 saturated carbocycles. The molecule has 0 radical (unpaired) electrons. The Kier molecular flexibility index (Phi) is 4.33. The molecule has 1 atom stereocenters. The maximum absolute atomic E-state index is 11.7. The van der Waals surface area contributed by atoms with E-state index in [0.717, 1.165) is 4.31 Å². The van der Waals surface area contributed by atoms with Crippen LogP contribution in [0.5, 0.6) is 0 Å². The largest absolute Gasteiger partial charge is 0.480 e. The van der Waals surface area contributed by atoms with Crippen LogP contribution in [0.1, 0.15) is 26.7 Å². The standard InChI is InChI=1S/C10H18N2O5S/c1-3-10(2,9(14)15)11-8(13)7-12-5-4-6-18(12,16)17/h3-7H2,1-2H3,(H,11,13)(H,14,15). The summed E-state index contributed by atoms with van der Waals surface area (Å²) in [6, 6.07) is 0. The number of carboxylic acids is 1. The van der Waals surface area contributed by atoms with Crippen LogP contribution < -0.4 is 5.32 Å². The first-order valence-electron chi connectivity index (χ1n) is 5.73. The van der Waals surface area contributed by atoms with Gasteiger partial charge in [0.05, 0.1) is 12.3 Å². The number of nitrogens with zero attached hydrogens (tertiary/aromatic N) is 1. The molecule has 2 N–H and O–H groups in total. The molecule has 7 nitrogen and oxygen atoms in total. The second kappa shape index (κ2) is 5.23. The van der Waals surface area contributed by atoms with Gasteiger partial charge in [-0.2, -0.15) is 4.31 Å². The summed E-state index contributed by atoms with van der Waals surface area (Å²) < 4.78 is 24.1. The van der Waals surface area contributed by atoms with Gasteiger partial charge in [0.25, 0.3) is 0 Å². The predicted octanol–water partition coefficient (Wildman–Crippen LogP) is -0.609. The molecule has 0 spiro atoms. The summed E-state index contributed by atoms with van der Waals surface area (Å²) in [5, 5.41) is 11.4. The van der Waals surface area contributed by atoms with E-state index in [-0.39, 0.29) is 18.7 Å². The maximum atomic E-state index is 11.7. The van der Waals surface area contributed by atoms with Crippen molar-refractivity contribution in [2.75, 3.05) is 18.8 Å². The summed E-state index contributed by atoms with van der Waals surface area (Å²) in [6.45, 7) is 3.03. The van der Waals surface area contributed by atoms with Crippen LogP contribution >= 0.6 is 0 Å². The average molecular weight is 278 g/mol. The molecule has 1 aliphatic rings. The summed E-state index contributed by atoms with van der Waals surface area (Å²) in [4.78, 5) is 22.7. The van der Waals surface area contributed by atoms with Crippen molar-refractivity contribution in [1.29, 1.82) is 0 Å². The van der Waals surface area contributed by atoms with Gasteiger partial charge in [-0.1, -0.05) is 6.92 Å². The van der Waals surface area contributed by atoms with Crippen molar-refractivity contribution in [3.63, 3.8) is 0 Å². The normalized spacial score (nSPS) is 22.3.